The second-order valence-electron chi connectivity index (χ2n) is 10.1. The van der Waals surface area contributed by atoms with E-state index >= 15 is 4.39 Å². The molecule has 0 radical (unpaired) electrons. The molecule has 172 valence electrons. The first kappa shape index (κ1) is 23.5. The van der Waals surface area contributed by atoms with E-state index in [9.17, 15) is 9.90 Å². The second-order valence-corrected chi connectivity index (χ2v) is 10.1. The molecular weight excluding hydrogens is 397 g/mol. The molecule has 3 unspecified atom stereocenters. The first-order valence-corrected chi connectivity index (χ1v) is 11.3. The highest BCUT2D eigenvalue weighted by atomic mass is 19.1. The first-order valence-electron chi connectivity index (χ1n) is 11.3. The molecule has 0 aliphatic carbocycles. The number of aliphatic hydroxyl groups is 1. The molecule has 1 aliphatic heterocycles. The third kappa shape index (κ3) is 5.03. The summed E-state index contributed by atoms with van der Waals surface area (Å²) in [6, 6.07) is 0.000719. The normalized spacial score (nSPS) is 23.4. The number of carbonyl (C=O) groups excluding carboxylic acids is 1. The van der Waals surface area contributed by atoms with Crippen molar-refractivity contribution in [3.63, 3.8) is 0 Å². The maximum absolute atomic E-state index is 15.3. The first-order chi connectivity index (χ1) is 14.4. The number of nitrogens with zero attached hydrogens (tertiary/aromatic N) is 2. The number of nitrogens with one attached hydrogen (secondary N) is 1. The molecule has 1 fully saturated rings. The number of piperidine rings is 1. The summed E-state index contributed by atoms with van der Waals surface area (Å²) in [6.45, 7) is 13.3. The Balaban J connectivity index is 1.96. The monoisotopic (exact) mass is 433 g/mol. The molecule has 1 saturated heterocycles. The number of likely N-dealkylation sites (tertiary alicyclic amines) is 1. The maximum atomic E-state index is 15.3. The topological polar surface area (TPSA) is 78.5 Å². The van der Waals surface area contributed by atoms with Crippen molar-refractivity contribution in [2.45, 2.75) is 97.4 Å². The standard InChI is InChI=1S/C24H36FN3O3/c1-13(2)31-19-12-27-22-20(21(19)25)18(11-26-22)16(5)23(29)28-15(4)8-14(3)9-17(28)10-24(6,7)30/h11-17,30H,8-10H2,1-7H3,(H,26,27)/t14?,15-,16?,17?/m0/s1. The van der Waals surface area contributed by atoms with Crippen LogP contribution in [-0.2, 0) is 4.79 Å². The summed E-state index contributed by atoms with van der Waals surface area (Å²) in [6.07, 6.45) is 5.13. The Kier molecular flexibility index (Phi) is 6.65. The largest absolute Gasteiger partial charge is 0.486 e. The summed E-state index contributed by atoms with van der Waals surface area (Å²) in [5.74, 6) is -0.540. The van der Waals surface area contributed by atoms with E-state index in [1.165, 1.54) is 6.20 Å². The molecule has 1 amide bonds. The highest BCUT2D eigenvalue weighted by Crippen LogP contribution is 2.37. The van der Waals surface area contributed by atoms with Crippen LogP contribution < -0.4 is 4.74 Å². The number of ether oxygens (including phenoxy) is 1. The van der Waals surface area contributed by atoms with Gasteiger partial charge in [-0.15, -0.1) is 0 Å². The number of hydrogen-bond acceptors (Lipinski definition) is 4. The SMILES string of the molecule is CC1CC(CC(C)(C)O)N(C(=O)C(C)c2c[nH]c3ncc(OC(C)C)c(F)c23)[C@@H](C)C1. The summed E-state index contributed by atoms with van der Waals surface area (Å²) in [7, 11) is 0. The Morgan fingerprint density at radius 2 is 2.03 bits per heavy atom. The predicted molar refractivity (Wildman–Crippen MR) is 120 cm³/mol. The zero-order valence-electron chi connectivity index (χ0n) is 19.7. The van der Waals surface area contributed by atoms with Gasteiger partial charge in [-0.3, -0.25) is 4.79 Å². The van der Waals surface area contributed by atoms with Crippen LogP contribution in [0.4, 0.5) is 4.39 Å². The molecule has 0 aromatic carbocycles. The van der Waals surface area contributed by atoms with Crippen molar-refractivity contribution in [2.75, 3.05) is 0 Å². The van der Waals surface area contributed by atoms with Crippen molar-refractivity contribution in [2.24, 2.45) is 5.92 Å². The minimum Gasteiger partial charge on any atom is -0.486 e. The van der Waals surface area contributed by atoms with Crippen molar-refractivity contribution in [3.8, 4) is 5.75 Å². The Hall–Kier alpha value is -2.15. The number of fused-ring (bicyclic) bond motifs is 1. The molecule has 31 heavy (non-hydrogen) atoms. The highest BCUT2D eigenvalue weighted by Gasteiger charge is 2.39. The Labute approximate surface area is 184 Å². The predicted octanol–water partition coefficient (Wildman–Crippen LogP) is 4.77. The van der Waals surface area contributed by atoms with E-state index < -0.39 is 17.3 Å². The van der Waals surface area contributed by atoms with Gasteiger partial charge in [-0.2, -0.15) is 0 Å². The fourth-order valence-corrected chi connectivity index (χ4v) is 4.98. The fraction of sp³-hybridized carbons (Fsp3) is 0.667. The summed E-state index contributed by atoms with van der Waals surface area (Å²) >= 11 is 0. The lowest BCUT2D eigenvalue weighted by atomic mass is 9.82. The number of aromatic nitrogens is 2. The molecule has 0 bridgehead atoms. The number of amides is 1. The number of rotatable bonds is 6. The van der Waals surface area contributed by atoms with Crippen LogP contribution in [0.3, 0.4) is 0 Å². The Bertz CT molecular complexity index is 934. The Morgan fingerprint density at radius 1 is 1.35 bits per heavy atom. The molecule has 0 saturated carbocycles. The van der Waals surface area contributed by atoms with Gasteiger partial charge in [0.15, 0.2) is 11.6 Å². The lowest BCUT2D eigenvalue weighted by molar-refractivity contribution is -0.141. The van der Waals surface area contributed by atoms with Gasteiger partial charge in [0.05, 0.1) is 29.2 Å². The van der Waals surface area contributed by atoms with Crippen molar-refractivity contribution in [3.05, 3.63) is 23.8 Å². The summed E-state index contributed by atoms with van der Waals surface area (Å²) < 4.78 is 20.8. The Morgan fingerprint density at radius 3 is 2.65 bits per heavy atom. The summed E-state index contributed by atoms with van der Waals surface area (Å²) in [4.78, 5) is 22.9. The van der Waals surface area contributed by atoms with E-state index in [0.29, 0.717) is 28.9 Å². The third-order valence-electron chi connectivity index (χ3n) is 6.11. The lowest BCUT2D eigenvalue weighted by Gasteiger charge is -2.46. The number of halogens is 1. The van der Waals surface area contributed by atoms with Gasteiger partial charge in [0.1, 0.15) is 5.65 Å². The lowest BCUT2D eigenvalue weighted by Crippen LogP contribution is -2.53. The number of carbonyl (C=O) groups is 1. The molecule has 7 heteroatoms. The van der Waals surface area contributed by atoms with Gasteiger partial charge in [0, 0.05) is 18.3 Å². The zero-order chi connectivity index (χ0) is 23.1. The number of aromatic amines is 1. The molecular formula is C24H36FN3O3. The van der Waals surface area contributed by atoms with Gasteiger partial charge in [0.25, 0.3) is 0 Å². The van der Waals surface area contributed by atoms with Crippen LogP contribution in [-0.4, -0.2) is 49.7 Å². The molecule has 1 aliphatic rings. The average molecular weight is 434 g/mol. The molecule has 2 N–H and O–H groups in total. The van der Waals surface area contributed by atoms with Crippen LogP contribution in [0, 0.1) is 11.7 Å². The van der Waals surface area contributed by atoms with Crippen LogP contribution in [0.1, 0.15) is 79.2 Å². The summed E-state index contributed by atoms with van der Waals surface area (Å²) in [5, 5.41) is 10.7. The molecule has 2 aromatic heterocycles. The van der Waals surface area contributed by atoms with Crippen LogP contribution in [0.25, 0.3) is 11.0 Å². The minimum atomic E-state index is -0.872. The fourth-order valence-electron chi connectivity index (χ4n) is 4.98. The number of H-pyrrole nitrogens is 1. The van der Waals surface area contributed by atoms with Crippen molar-refractivity contribution >= 4 is 16.9 Å². The van der Waals surface area contributed by atoms with Gasteiger partial charge < -0.3 is 19.7 Å². The molecule has 0 spiro atoms. The smallest absolute Gasteiger partial charge is 0.230 e. The third-order valence-corrected chi connectivity index (χ3v) is 6.11. The summed E-state index contributed by atoms with van der Waals surface area (Å²) in [5.41, 5.74) is 0.104. The van der Waals surface area contributed by atoms with Gasteiger partial charge >= 0.3 is 0 Å². The quantitative estimate of drug-likeness (QED) is 0.688. The number of hydrogen-bond donors (Lipinski definition) is 2. The van der Waals surface area contributed by atoms with E-state index in [4.69, 9.17) is 4.74 Å². The van der Waals surface area contributed by atoms with Gasteiger partial charge in [0.2, 0.25) is 5.91 Å². The molecule has 6 nitrogen and oxygen atoms in total. The van der Waals surface area contributed by atoms with Gasteiger partial charge in [-0.25, -0.2) is 9.37 Å². The molecule has 2 aromatic rings. The molecule has 3 heterocycles. The van der Waals surface area contributed by atoms with Crippen molar-refractivity contribution < 1.29 is 19.0 Å². The van der Waals surface area contributed by atoms with Crippen LogP contribution in [0.5, 0.6) is 5.75 Å². The van der Waals surface area contributed by atoms with E-state index in [1.54, 1.807) is 20.0 Å². The van der Waals surface area contributed by atoms with E-state index in [2.05, 4.69) is 23.8 Å². The van der Waals surface area contributed by atoms with E-state index in [0.717, 1.165) is 12.8 Å². The minimum absolute atomic E-state index is 0.0517. The van der Waals surface area contributed by atoms with Crippen LogP contribution in [0.2, 0.25) is 0 Å². The second kappa shape index (κ2) is 8.77. The van der Waals surface area contributed by atoms with Crippen molar-refractivity contribution in [1.29, 1.82) is 0 Å². The number of pyridine rings is 1. The van der Waals surface area contributed by atoms with E-state index in [1.807, 2.05) is 25.7 Å². The average Bonchev–Trinajstić information content (AvgIpc) is 3.05. The van der Waals surface area contributed by atoms with Gasteiger partial charge in [-0.1, -0.05) is 6.92 Å². The van der Waals surface area contributed by atoms with E-state index in [-0.39, 0.29) is 29.8 Å². The van der Waals surface area contributed by atoms with Crippen molar-refractivity contribution in [1.82, 2.24) is 14.9 Å². The van der Waals surface area contributed by atoms with Gasteiger partial charge in [-0.05, 0) is 72.3 Å². The molecule has 4 atom stereocenters. The highest BCUT2D eigenvalue weighted by molar-refractivity contribution is 5.91. The van der Waals surface area contributed by atoms with Crippen LogP contribution >= 0.6 is 0 Å². The van der Waals surface area contributed by atoms with Crippen LogP contribution in [0.15, 0.2) is 12.4 Å². The zero-order valence-corrected chi connectivity index (χ0v) is 19.7. The molecule has 3 rings (SSSR count). The maximum Gasteiger partial charge on any atom is 0.230 e.